The molecular formula is C9H12BrNO4S. The van der Waals surface area contributed by atoms with Crippen molar-refractivity contribution >= 4 is 26.0 Å². The Labute approximate surface area is 102 Å². The normalized spacial score (nSPS) is 15.8. The zero-order valence-electron chi connectivity index (χ0n) is 8.25. The smallest absolute Gasteiger partial charge is 0.238 e. The van der Waals surface area contributed by atoms with Crippen molar-refractivity contribution in [3.8, 4) is 0 Å². The van der Waals surface area contributed by atoms with Gasteiger partial charge in [0.25, 0.3) is 0 Å². The van der Waals surface area contributed by atoms with Crippen molar-refractivity contribution in [3.05, 3.63) is 29.8 Å². The van der Waals surface area contributed by atoms with Gasteiger partial charge in [0.2, 0.25) is 10.0 Å². The van der Waals surface area contributed by atoms with Crippen LogP contribution in [0.4, 0.5) is 0 Å². The average Bonchev–Trinajstić information content (AvgIpc) is 2.26. The first-order valence-corrected chi connectivity index (χ1v) is 7.08. The highest BCUT2D eigenvalue weighted by Crippen LogP contribution is 2.19. The topological polar surface area (TPSA) is 101 Å². The van der Waals surface area contributed by atoms with Crippen molar-refractivity contribution in [2.45, 2.75) is 17.1 Å². The first kappa shape index (κ1) is 13.6. The molecule has 5 nitrogen and oxygen atoms in total. The van der Waals surface area contributed by atoms with Crippen LogP contribution in [0, 0.1) is 0 Å². The molecule has 0 aromatic heterocycles. The van der Waals surface area contributed by atoms with Gasteiger partial charge in [-0.05, 0) is 17.7 Å². The van der Waals surface area contributed by atoms with E-state index in [1.54, 1.807) is 0 Å². The molecule has 16 heavy (non-hydrogen) atoms. The van der Waals surface area contributed by atoms with E-state index in [1.807, 2.05) is 0 Å². The molecule has 0 fully saturated rings. The minimum atomic E-state index is -3.72. The van der Waals surface area contributed by atoms with Crippen LogP contribution in [0.1, 0.15) is 11.7 Å². The summed E-state index contributed by atoms with van der Waals surface area (Å²) in [6.45, 7) is 0. The Bertz CT molecular complexity index is 445. The second kappa shape index (κ2) is 5.24. The van der Waals surface area contributed by atoms with Gasteiger partial charge in [-0.15, -0.1) is 0 Å². The molecule has 4 N–H and O–H groups in total. The van der Waals surface area contributed by atoms with Crippen molar-refractivity contribution in [2.24, 2.45) is 5.14 Å². The highest BCUT2D eigenvalue weighted by atomic mass is 79.9. The van der Waals surface area contributed by atoms with E-state index in [2.05, 4.69) is 15.9 Å². The largest absolute Gasteiger partial charge is 0.389 e. The Morgan fingerprint density at radius 2 is 1.75 bits per heavy atom. The van der Waals surface area contributed by atoms with Crippen LogP contribution >= 0.6 is 15.9 Å². The lowest BCUT2D eigenvalue weighted by Crippen LogP contribution is -2.19. The number of alkyl halides is 1. The van der Waals surface area contributed by atoms with Crippen LogP contribution in [0.15, 0.2) is 29.2 Å². The Morgan fingerprint density at radius 1 is 1.25 bits per heavy atom. The van der Waals surface area contributed by atoms with Crippen molar-refractivity contribution in [1.82, 2.24) is 0 Å². The molecule has 1 aromatic carbocycles. The second-order valence-corrected chi connectivity index (χ2v) is 5.49. The molecule has 0 aliphatic heterocycles. The Hall–Kier alpha value is -0.470. The van der Waals surface area contributed by atoms with Crippen LogP contribution in [0.5, 0.6) is 0 Å². The van der Waals surface area contributed by atoms with E-state index in [9.17, 15) is 18.6 Å². The molecule has 0 radical (unpaired) electrons. The van der Waals surface area contributed by atoms with E-state index in [-0.39, 0.29) is 10.2 Å². The molecule has 2 atom stereocenters. The summed E-state index contributed by atoms with van der Waals surface area (Å²) in [5, 5.41) is 24.1. The average molecular weight is 310 g/mol. The Kier molecular flexibility index (Phi) is 4.45. The Balaban J connectivity index is 2.96. The lowest BCUT2D eigenvalue weighted by atomic mass is 10.1. The third-order valence-corrected chi connectivity index (χ3v) is 3.67. The number of rotatable bonds is 4. The highest BCUT2D eigenvalue weighted by Gasteiger charge is 2.17. The molecule has 0 bridgehead atoms. The van der Waals surface area contributed by atoms with Crippen LogP contribution in [-0.4, -0.2) is 30.1 Å². The zero-order valence-corrected chi connectivity index (χ0v) is 10.6. The number of sulfonamides is 1. The molecule has 0 spiro atoms. The van der Waals surface area contributed by atoms with E-state index < -0.39 is 22.2 Å². The van der Waals surface area contributed by atoms with Crippen molar-refractivity contribution in [1.29, 1.82) is 0 Å². The fourth-order valence-electron chi connectivity index (χ4n) is 1.16. The number of benzene rings is 1. The summed E-state index contributed by atoms with van der Waals surface area (Å²) in [5.41, 5.74) is 0.430. The fourth-order valence-corrected chi connectivity index (χ4v) is 2.03. The summed E-state index contributed by atoms with van der Waals surface area (Å²) in [4.78, 5) is -0.0308. The van der Waals surface area contributed by atoms with Crippen molar-refractivity contribution in [3.63, 3.8) is 0 Å². The van der Waals surface area contributed by atoms with Gasteiger partial charge >= 0.3 is 0 Å². The van der Waals surface area contributed by atoms with E-state index in [4.69, 9.17) is 5.14 Å². The lowest BCUT2D eigenvalue weighted by molar-refractivity contribution is 0.0342. The molecular weight excluding hydrogens is 298 g/mol. The summed E-state index contributed by atoms with van der Waals surface area (Å²) >= 11 is 3.03. The molecule has 0 saturated carbocycles. The van der Waals surface area contributed by atoms with Gasteiger partial charge in [-0.1, -0.05) is 28.1 Å². The number of hydrogen-bond acceptors (Lipinski definition) is 4. The van der Waals surface area contributed by atoms with Gasteiger partial charge in [-0.25, -0.2) is 13.6 Å². The maximum atomic E-state index is 11.0. The molecule has 0 saturated heterocycles. The molecule has 90 valence electrons. The molecule has 0 amide bonds. The van der Waals surface area contributed by atoms with E-state index in [0.717, 1.165) is 0 Å². The summed E-state index contributed by atoms with van der Waals surface area (Å²) in [6.07, 6.45) is -2.01. The third-order valence-electron chi connectivity index (χ3n) is 2.07. The number of nitrogens with two attached hydrogens (primary N) is 1. The van der Waals surface area contributed by atoms with E-state index in [0.29, 0.717) is 5.56 Å². The number of aliphatic hydroxyl groups excluding tert-OH is 2. The van der Waals surface area contributed by atoms with Crippen LogP contribution < -0.4 is 5.14 Å². The van der Waals surface area contributed by atoms with Crippen LogP contribution in [-0.2, 0) is 10.0 Å². The SMILES string of the molecule is NS(=O)(=O)c1ccc(C(O)C(O)CBr)cc1. The van der Waals surface area contributed by atoms with Gasteiger partial charge in [0.1, 0.15) is 6.10 Å². The summed E-state index contributed by atoms with van der Waals surface area (Å²) in [7, 11) is -3.72. The molecule has 1 aromatic rings. The first-order chi connectivity index (χ1) is 7.36. The molecule has 2 unspecified atom stereocenters. The van der Waals surface area contributed by atoms with Crippen LogP contribution in [0.2, 0.25) is 0 Å². The van der Waals surface area contributed by atoms with E-state index in [1.165, 1.54) is 24.3 Å². The fraction of sp³-hybridized carbons (Fsp3) is 0.333. The molecule has 0 heterocycles. The monoisotopic (exact) mass is 309 g/mol. The van der Waals surface area contributed by atoms with E-state index >= 15 is 0 Å². The highest BCUT2D eigenvalue weighted by molar-refractivity contribution is 9.09. The number of primary sulfonamides is 1. The number of hydrogen-bond donors (Lipinski definition) is 3. The summed E-state index contributed by atoms with van der Waals surface area (Å²) in [5.74, 6) is 0. The van der Waals surface area contributed by atoms with Gasteiger partial charge in [-0.2, -0.15) is 0 Å². The van der Waals surface area contributed by atoms with Gasteiger partial charge in [-0.3, -0.25) is 0 Å². The van der Waals surface area contributed by atoms with Gasteiger partial charge in [0.05, 0.1) is 11.0 Å². The second-order valence-electron chi connectivity index (χ2n) is 3.28. The number of halogens is 1. The third kappa shape index (κ3) is 3.26. The minimum absolute atomic E-state index is 0.0308. The van der Waals surface area contributed by atoms with Gasteiger partial charge in [0.15, 0.2) is 0 Å². The maximum Gasteiger partial charge on any atom is 0.238 e. The molecule has 0 aliphatic rings. The van der Waals surface area contributed by atoms with Gasteiger partial charge in [0, 0.05) is 5.33 Å². The Morgan fingerprint density at radius 3 is 2.12 bits per heavy atom. The first-order valence-electron chi connectivity index (χ1n) is 4.41. The van der Waals surface area contributed by atoms with Crippen LogP contribution in [0.25, 0.3) is 0 Å². The molecule has 0 aliphatic carbocycles. The predicted octanol–water partition coefficient (Wildman–Crippen LogP) is 0.123. The minimum Gasteiger partial charge on any atom is -0.389 e. The van der Waals surface area contributed by atoms with Crippen molar-refractivity contribution in [2.75, 3.05) is 5.33 Å². The van der Waals surface area contributed by atoms with Crippen LogP contribution in [0.3, 0.4) is 0 Å². The molecule has 1 rings (SSSR count). The zero-order chi connectivity index (χ0) is 12.3. The van der Waals surface area contributed by atoms with Gasteiger partial charge < -0.3 is 10.2 Å². The molecule has 7 heteroatoms. The lowest BCUT2D eigenvalue weighted by Gasteiger charge is -2.15. The summed E-state index contributed by atoms with van der Waals surface area (Å²) < 4.78 is 21.9. The van der Waals surface area contributed by atoms with Crippen molar-refractivity contribution < 1.29 is 18.6 Å². The quantitative estimate of drug-likeness (QED) is 0.688. The maximum absolute atomic E-state index is 11.0. The predicted molar refractivity (Wildman–Crippen MR) is 62.6 cm³/mol. The standard InChI is InChI=1S/C9H12BrNO4S/c10-5-8(12)9(13)6-1-3-7(4-2-6)16(11,14)15/h1-4,8-9,12-13H,5H2,(H2,11,14,15). The summed E-state index contributed by atoms with van der Waals surface area (Å²) in [6, 6.07) is 5.40. The number of aliphatic hydroxyl groups is 2.